The highest BCUT2D eigenvalue weighted by Crippen LogP contribution is 2.17. The third kappa shape index (κ3) is 3.54. The van der Waals surface area contributed by atoms with Gasteiger partial charge in [-0.25, -0.2) is 9.67 Å². The van der Waals surface area contributed by atoms with E-state index in [2.05, 4.69) is 48.0 Å². The highest BCUT2D eigenvalue weighted by molar-refractivity contribution is 4.92. The van der Waals surface area contributed by atoms with Crippen LogP contribution >= 0.6 is 0 Å². The number of hydrogen-bond donors (Lipinski definition) is 1. The summed E-state index contributed by atoms with van der Waals surface area (Å²) in [5, 5.41) is 7.90. The molecule has 0 aromatic carbocycles. The summed E-state index contributed by atoms with van der Waals surface area (Å²) in [6, 6.07) is 1.14. The van der Waals surface area contributed by atoms with Crippen molar-refractivity contribution in [1.29, 1.82) is 0 Å². The van der Waals surface area contributed by atoms with Crippen LogP contribution in [-0.4, -0.2) is 44.8 Å². The Labute approximate surface area is 116 Å². The number of aryl methyl sites for hydroxylation is 1. The maximum absolute atomic E-state index is 4.44. The summed E-state index contributed by atoms with van der Waals surface area (Å²) in [6.45, 7) is 13.1. The van der Waals surface area contributed by atoms with E-state index in [1.54, 1.807) is 6.33 Å². The fourth-order valence-electron chi connectivity index (χ4n) is 2.83. The Morgan fingerprint density at radius 3 is 2.95 bits per heavy atom. The van der Waals surface area contributed by atoms with Gasteiger partial charge in [-0.15, -0.1) is 0 Å². The van der Waals surface area contributed by atoms with Gasteiger partial charge in [-0.3, -0.25) is 4.90 Å². The van der Waals surface area contributed by atoms with Gasteiger partial charge in [0.25, 0.3) is 0 Å². The largest absolute Gasteiger partial charge is 0.311 e. The lowest BCUT2D eigenvalue weighted by atomic mass is 9.99. The predicted molar refractivity (Wildman–Crippen MR) is 76.8 cm³/mol. The van der Waals surface area contributed by atoms with Crippen LogP contribution in [0.15, 0.2) is 6.33 Å². The Hall–Kier alpha value is -0.940. The summed E-state index contributed by atoms with van der Waals surface area (Å²) in [5.74, 6) is 1.75. The van der Waals surface area contributed by atoms with Gasteiger partial charge in [0.05, 0.1) is 6.54 Å². The first kappa shape index (κ1) is 14.5. The summed E-state index contributed by atoms with van der Waals surface area (Å²) in [5.41, 5.74) is 0. The molecular weight excluding hydrogens is 238 g/mol. The lowest BCUT2D eigenvalue weighted by molar-refractivity contribution is 0.0912. The first-order valence-corrected chi connectivity index (χ1v) is 7.46. The lowest BCUT2D eigenvalue weighted by Gasteiger charge is -2.41. The molecular formula is C14H27N5. The van der Waals surface area contributed by atoms with E-state index < -0.39 is 0 Å². The van der Waals surface area contributed by atoms with E-state index >= 15 is 0 Å². The van der Waals surface area contributed by atoms with Crippen LogP contribution in [0.1, 0.15) is 39.9 Å². The molecule has 1 aromatic heterocycles. The van der Waals surface area contributed by atoms with Crippen LogP contribution in [0.25, 0.3) is 0 Å². The van der Waals surface area contributed by atoms with Crippen LogP contribution in [-0.2, 0) is 13.1 Å². The van der Waals surface area contributed by atoms with Crippen LogP contribution in [0, 0.1) is 5.92 Å². The van der Waals surface area contributed by atoms with Crippen molar-refractivity contribution in [2.24, 2.45) is 5.92 Å². The molecule has 5 nitrogen and oxygen atoms in total. The lowest BCUT2D eigenvalue weighted by Crippen LogP contribution is -2.57. The second-order valence-electron chi connectivity index (χ2n) is 5.95. The molecule has 1 aliphatic rings. The average Bonchev–Trinajstić information content (AvgIpc) is 2.77. The van der Waals surface area contributed by atoms with Gasteiger partial charge in [0.2, 0.25) is 0 Å². The normalized spacial score (nSPS) is 25.1. The average molecular weight is 265 g/mol. The Morgan fingerprint density at radius 1 is 1.47 bits per heavy atom. The first-order valence-electron chi connectivity index (χ1n) is 7.46. The molecule has 1 saturated heterocycles. The summed E-state index contributed by atoms with van der Waals surface area (Å²) in [4.78, 5) is 7.00. The highest BCUT2D eigenvalue weighted by Gasteiger charge is 2.28. The summed E-state index contributed by atoms with van der Waals surface area (Å²) in [7, 11) is 0. The number of nitrogens with one attached hydrogen (secondary N) is 1. The molecule has 0 spiro atoms. The molecule has 1 N–H and O–H groups in total. The zero-order valence-electron chi connectivity index (χ0n) is 12.6. The van der Waals surface area contributed by atoms with Crippen molar-refractivity contribution in [2.45, 2.75) is 59.3 Å². The quantitative estimate of drug-likeness (QED) is 0.876. The fraction of sp³-hybridized carbons (Fsp3) is 0.857. The minimum absolute atomic E-state index is 0.553. The first-order chi connectivity index (χ1) is 9.11. The fourth-order valence-corrected chi connectivity index (χ4v) is 2.83. The zero-order chi connectivity index (χ0) is 13.8. The molecule has 0 amide bonds. The van der Waals surface area contributed by atoms with Crippen LogP contribution in [0.5, 0.6) is 0 Å². The van der Waals surface area contributed by atoms with Gasteiger partial charge in [-0.05, 0) is 19.3 Å². The van der Waals surface area contributed by atoms with Crippen molar-refractivity contribution in [3.8, 4) is 0 Å². The molecule has 2 rings (SSSR count). The standard InChI is InChI=1S/C14H27N5/c1-5-6-19-14(16-10-17-19)9-18-8-12(4)15-7-13(18)11(2)3/h10-13,15H,5-9H2,1-4H3. The van der Waals surface area contributed by atoms with Crippen LogP contribution in [0.2, 0.25) is 0 Å². The summed E-state index contributed by atoms with van der Waals surface area (Å²) < 4.78 is 2.05. The van der Waals surface area contributed by atoms with Crippen molar-refractivity contribution in [1.82, 2.24) is 25.0 Å². The number of piperazine rings is 1. The van der Waals surface area contributed by atoms with E-state index in [1.165, 1.54) is 0 Å². The van der Waals surface area contributed by atoms with Crippen molar-refractivity contribution in [3.05, 3.63) is 12.2 Å². The number of aromatic nitrogens is 3. The topological polar surface area (TPSA) is 46.0 Å². The summed E-state index contributed by atoms with van der Waals surface area (Å²) in [6.07, 6.45) is 2.78. The van der Waals surface area contributed by atoms with Crippen LogP contribution < -0.4 is 5.32 Å². The molecule has 5 heteroatoms. The van der Waals surface area contributed by atoms with E-state index in [1.807, 2.05) is 4.68 Å². The van der Waals surface area contributed by atoms with E-state index in [0.717, 1.165) is 38.4 Å². The molecule has 2 atom stereocenters. The van der Waals surface area contributed by atoms with E-state index in [0.29, 0.717) is 18.0 Å². The van der Waals surface area contributed by atoms with Gasteiger partial charge in [-0.2, -0.15) is 5.10 Å². The Morgan fingerprint density at radius 2 is 2.26 bits per heavy atom. The van der Waals surface area contributed by atoms with Crippen molar-refractivity contribution in [3.63, 3.8) is 0 Å². The third-order valence-corrected chi connectivity index (χ3v) is 3.90. The van der Waals surface area contributed by atoms with Gasteiger partial charge in [0.1, 0.15) is 12.2 Å². The molecule has 2 heterocycles. The van der Waals surface area contributed by atoms with Gasteiger partial charge in [0, 0.05) is 31.7 Å². The maximum atomic E-state index is 4.44. The van der Waals surface area contributed by atoms with Crippen LogP contribution in [0.4, 0.5) is 0 Å². The molecule has 0 radical (unpaired) electrons. The van der Waals surface area contributed by atoms with Crippen LogP contribution in [0.3, 0.4) is 0 Å². The zero-order valence-corrected chi connectivity index (χ0v) is 12.6. The monoisotopic (exact) mass is 265 g/mol. The Balaban J connectivity index is 2.07. The van der Waals surface area contributed by atoms with Gasteiger partial charge in [-0.1, -0.05) is 20.8 Å². The molecule has 1 fully saturated rings. The predicted octanol–water partition coefficient (Wildman–Crippen LogP) is 1.51. The van der Waals surface area contributed by atoms with E-state index in [9.17, 15) is 0 Å². The van der Waals surface area contributed by atoms with Crippen molar-refractivity contribution in [2.75, 3.05) is 13.1 Å². The smallest absolute Gasteiger partial charge is 0.141 e. The minimum Gasteiger partial charge on any atom is -0.311 e. The minimum atomic E-state index is 0.553. The maximum Gasteiger partial charge on any atom is 0.141 e. The second kappa shape index (κ2) is 6.48. The van der Waals surface area contributed by atoms with Crippen molar-refractivity contribution >= 4 is 0 Å². The molecule has 0 bridgehead atoms. The Kier molecular flexibility index (Phi) is 4.93. The van der Waals surface area contributed by atoms with E-state index in [-0.39, 0.29) is 0 Å². The molecule has 0 saturated carbocycles. The molecule has 1 aliphatic heterocycles. The number of rotatable bonds is 5. The number of nitrogens with zero attached hydrogens (tertiary/aromatic N) is 4. The molecule has 108 valence electrons. The third-order valence-electron chi connectivity index (χ3n) is 3.90. The SMILES string of the molecule is CCCn1ncnc1CN1CC(C)NCC1C(C)C. The molecule has 2 unspecified atom stereocenters. The second-order valence-corrected chi connectivity index (χ2v) is 5.95. The van der Waals surface area contributed by atoms with Crippen molar-refractivity contribution < 1.29 is 0 Å². The molecule has 1 aromatic rings. The summed E-state index contributed by atoms with van der Waals surface area (Å²) >= 11 is 0. The van der Waals surface area contributed by atoms with Gasteiger partial charge in [0.15, 0.2) is 0 Å². The molecule has 19 heavy (non-hydrogen) atoms. The Bertz CT molecular complexity index is 387. The number of hydrogen-bond acceptors (Lipinski definition) is 4. The highest BCUT2D eigenvalue weighted by atomic mass is 15.4. The molecule has 0 aliphatic carbocycles. The van der Waals surface area contributed by atoms with Gasteiger partial charge >= 0.3 is 0 Å². The van der Waals surface area contributed by atoms with Gasteiger partial charge < -0.3 is 5.32 Å². The van der Waals surface area contributed by atoms with E-state index in [4.69, 9.17) is 0 Å².